The van der Waals surface area contributed by atoms with Gasteiger partial charge in [-0.15, -0.1) is 0 Å². The summed E-state index contributed by atoms with van der Waals surface area (Å²) in [6.07, 6.45) is 3.05. The first-order valence-corrected chi connectivity index (χ1v) is 5.82. The van der Waals surface area contributed by atoms with E-state index in [1.54, 1.807) is 0 Å². The van der Waals surface area contributed by atoms with E-state index >= 15 is 0 Å². The smallest absolute Gasteiger partial charge is 0.123 e. The highest BCUT2D eigenvalue weighted by Gasteiger charge is 2.19. The lowest BCUT2D eigenvalue weighted by molar-refractivity contribution is -0.111. The summed E-state index contributed by atoms with van der Waals surface area (Å²) in [7, 11) is 1.94. The number of rotatable bonds is 3. The van der Waals surface area contributed by atoms with Crippen molar-refractivity contribution >= 4 is 17.7 Å². The normalized spacial score (nSPS) is 17.2. The molecule has 16 heavy (non-hydrogen) atoms. The van der Waals surface area contributed by atoms with E-state index in [4.69, 9.17) is 0 Å². The molecule has 2 rings (SSSR count). The van der Waals surface area contributed by atoms with Crippen LogP contribution in [0.2, 0.25) is 0 Å². The van der Waals surface area contributed by atoms with Crippen LogP contribution in [0.1, 0.15) is 12.8 Å². The molecule has 86 valence electrons. The number of carbonyl (C=O) groups is 1. The van der Waals surface area contributed by atoms with Gasteiger partial charge in [0.2, 0.25) is 0 Å². The average molecular weight is 218 g/mol. The average Bonchev–Trinajstić information content (AvgIpc) is 2.39. The van der Waals surface area contributed by atoms with Crippen LogP contribution >= 0.6 is 0 Å². The first-order chi connectivity index (χ1) is 7.85. The molecule has 1 heterocycles. The zero-order chi connectivity index (χ0) is 11.4. The second-order valence-electron chi connectivity index (χ2n) is 4.23. The van der Waals surface area contributed by atoms with Gasteiger partial charge in [-0.05, 0) is 25.0 Å². The number of benzene rings is 1. The molecule has 0 unspecified atom stereocenters. The standard InChI is InChI=1S/C13H18N2O/c1-14-12-4-2-3-5-13(12)15-8-6-11(10-16)7-9-15/h2-5,10-11,14H,6-9H2,1H3. The van der Waals surface area contributed by atoms with Gasteiger partial charge in [0.25, 0.3) is 0 Å². The molecular weight excluding hydrogens is 200 g/mol. The highest BCUT2D eigenvalue weighted by atomic mass is 16.1. The van der Waals surface area contributed by atoms with Crippen molar-refractivity contribution in [2.24, 2.45) is 5.92 Å². The molecule has 0 bridgehead atoms. The maximum atomic E-state index is 10.7. The van der Waals surface area contributed by atoms with E-state index in [9.17, 15) is 4.79 Å². The molecule has 3 nitrogen and oxygen atoms in total. The van der Waals surface area contributed by atoms with Crippen molar-refractivity contribution in [2.45, 2.75) is 12.8 Å². The number of hydrogen-bond acceptors (Lipinski definition) is 3. The van der Waals surface area contributed by atoms with Crippen LogP contribution in [0.3, 0.4) is 0 Å². The summed E-state index contributed by atoms with van der Waals surface area (Å²) in [6, 6.07) is 8.31. The summed E-state index contributed by atoms with van der Waals surface area (Å²) in [4.78, 5) is 13.0. The molecule has 1 fully saturated rings. The Morgan fingerprint density at radius 2 is 2.00 bits per heavy atom. The van der Waals surface area contributed by atoms with Crippen LogP contribution < -0.4 is 10.2 Å². The quantitative estimate of drug-likeness (QED) is 0.789. The summed E-state index contributed by atoms with van der Waals surface area (Å²) in [6.45, 7) is 1.95. The van der Waals surface area contributed by atoms with Gasteiger partial charge in [-0.1, -0.05) is 12.1 Å². The third kappa shape index (κ3) is 2.18. The number of nitrogens with zero attached hydrogens (tertiary/aromatic N) is 1. The number of hydrogen-bond donors (Lipinski definition) is 1. The van der Waals surface area contributed by atoms with Crippen molar-refractivity contribution in [3.63, 3.8) is 0 Å². The van der Waals surface area contributed by atoms with Crippen molar-refractivity contribution in [1.82, 2.24) is 0 Å². The Kier molecular flexibility index (Phi) is 3.44. The zero-order valence-electron chi connectivity index (χ0n) is 9.65. The molecule has 3 heteroatoms. The molecule has 0 spiro atoms. The van der Waals surface area contributed by atoms with Gasteiger partial charge in [-0.3, -0.25) is 0 Å². The Labute approximate surface area is 96.5 Å². The van der Waals surface area contributed by atoms with E-state index in [0.717, 1.165) is 37.9 Å². The summed E-state index contributed by atoms with van der Waals surface area (Å²) >= 11 is 0. The molecule has 0 radical (unpaired) electrons. The Bertz CT molecular complexity index is 357. The Morgan fingerprint density at radius 1 is 1.31 bits per heavy atom. The number of para-hydroxylation sites is 2. The first kappa shape index (κ1) is 11.0. The van der Waals surface area contributed by atoms with Gasteiger partial charge in [0, 0.05) is 26.1 Å². The summed E-state index contributed by atoms with van der Waals surface area (Å²) in [5.41, 5.74) is 2.40. The molecule has 0 amide bonds. The zero-order valence-corrected chi connectivity index (χ0v) is 9.65. The first-order valence-electron chi connectivity index (χ1n) is 5.82. The summed E-state index contributed by atoms with van der Waals surface area (Å²) in [5.74, 6) is 0.262. The van der Waals surface area contributed by atoms with Crippen LogP contribution in [0.15, 0.2) is 24.3 Å². The predicted molar refractivity (Wildman–Crippen MR) is 67.0 cm³/mol. The van der Waals surface area contributed by atoms with Crippen LogP contribution in [-0.4, -0.2) is 26.4 Å². The van der Waals surface area contributed by atoms with Gasteiger partial charge in [-0.2, -0.15) is 0 Å². The van der Waals surface area contributed by atoms with Crippen molar-refractivity contribution in [1.29, 1.82) is 0 Å². The molecule has 1 aromatic rings. The van der Waals surface area contributed by atoms with E-state index < -0.39 is 0 Å². The van der Waals surface area contributed by atoms with E-state index in [1.165, 1.54) is 5.69 Å². The predicted octanol–water partition coefficient (Wildman–Crippen LogP) is 2.14. The number of aldehydes is 1. The van der Waals surface area contributed by atoms with Crippen LogP contribution in [-0.2, 0) is 4.79 Å². The lowest BCUT2D eigenvalue weighted by Gasteiger charge is -2.32. The SMILES string of the molecule is CNc1ccccc1N1CCC(C=O)CC1. The molecule has 1 aromatic carbocycles. The molecule has 1 N–H and O–H groups in total. The molecule has 1 saturated heterocycles. The molecule has 0 aromatic heterocycles. The Balaban J connectivity index is 2.10. The maximum Gasteiger partial charge on any atom is 0.123 e. The highest BCUT2D eigenvalue weighted by Crippen LogP contribution is 2.28. The van der Waals surface area contributed by atoms with Crippen molar-refractivity contribution in [3.05, 3.63) is 24.3 Å². The Hall–Kier alpha value is -1.51. The number of nitrogens with one attached hydrogen (secondary N) is 1. The molecule has 0 atom stereocenters. The number of anilines is 2. The van der Waals surface area contributed by atoms with Crippen LogP contribution in [0.25, 0.3) is 0 Å². The van der Waals surface area contributed by atoms with Gasteiger partial charge in [0.1, 0.15) is 6.29 Å². The molecule has 1 aliphatic rings. The van der Waals surface area contributed by atoms with Crippen molar-refractivity contribution in [3.8, 4) is 0 Å². The fraction of sp³-hybridized carbons (Fsp3) is 0.462. The topological polar surface area (TPSA) is 32.3 Å². The van der Waals surface area contributed by atoms with E-state index in [-0.39, 0.29) is 5.92 Å². The molecule has 0 aliphatic carbocycles. The highest BCUT2D eigenvalue weighted by molar-refractivity contribution is 5.70. The molecule has 0 saturated carbocycles. The van der Waals surface area contributed by atoms with Gasteiger partial charge in [0.15, 0.2) is 0 Å². The second kappa shape index (κ2) is 5.01. The molecular formula is C13H18N2O. The van der Waals surface area contributed by atoms with E-state index in [1.807, 2.05) is 13.1 Å². The van der Waals surface area contributed by atoms with Crippen LogP contribution in [0.5, 0.6) is 0 Å². The lowest BCUT2D eigenvalue weighted by atomic mass is 9.98. The maximum absolute atomic E-state index is 10.7. The summed E-state index contributed by atoms with van der Waals surface area (Å²) in [5, 5.41) is 3.21. The second-order valence-corrected chi connectivity index (χ2v) is 4.23. The fourth-order valence-electron chi connectivity index (χ4n) is 2.24. The minimum absolute atomic E-state index is 0.262. The molecule has 1 aliphatic heterocycles. The lowest BCUT2D eigenvalue weighted by Crippen LogP contribution is -2.34. The fourth-order valence-corrected chi connectivity index (χ4v) is 2.24. The third-order valence-electron chi connectivity index (χ3n) is 3.25. The van der Waals surface area contributed by atoms with E-state index in [2.05, 4.69) is 28.4 Å². The van der Waals surface area contributed by atoms with E-state index in [0.29, 0.717) is 0 Å². The van der Waals surface area contributed by atoms with Gasteiger partial charge >= 0.3 is 0 Å². The minimum atomic E-state index is 0.262. The van der Waals surface area contributed by atoms with Gasteiger partial charge in [-0.25, -0.2) is 0 Å². The largest absolute Gasteiger partial charge is 0.386 e. The summed E-state index contributed by atoms with van der Waals surface area (Å²) < 4.78 is 0. The monoisotopic (exact) mass is 218 g/mol. The van der Waals surface area contributed by atoms with Crippen LogP contribution in [0.4, 0.5) is 11.4 Å². The Morgan fingerprint density at radius 3 is 2.62 bits per heavy atom. The number of carbonyl (C=O) groups excluding carboxylic acids is 1. The van der Waals surface area contributed by atoms with Crippen molar-refractivity contribution in [2.75, 3.05) is 30.4 Å². The van der Waals surface area contributed by atoms with Gasteiger partial charge < -0.3 is 15.0 Å². The third-order valence-corrected chi connectivity index (χ3v) is 3.25. The van der Waals surface area contributed by atoms with Crippen molar-refractivity contribution < 1.29 is 4.79 Å². The minimum Gasteiger partial charge on any atom is -0.386 e. The number of piperidine rings is 1. The van der Waals surface area contributed by atoms with Gasteiger partial charge in [0.05, 0.1) is 11.4 Å². The van der Waals surface area contributed by atoms with Crippen LogP contribution in [0, 0.1) is 5.92 Å².